The Labute approximate surface area is 124 Å². The molecule has 1 aliphatic rings. The van der Waals surface area contributed by atoms with Gasteiger partial charge in [0, 0.05) is 17.1 Å². The third kappa shape index (κ3) is 2.66. The fourth-order valence-electron chi connectivity index (χ4n) is 1.76. The molecule has 0 spiro atoms. The minimum atomic E-state index is -0.0567. The van der Waals surface area contributed by atoms with Gasteiger partial charge in [-0.2, -0.15) is 5.10 Å². The van der Waals surface area contributed by atoms with Crippen LogP contribution in [0.25, 0.3) is 10.9 Å². The van der Waals surface area contributed by atoms with E-state index < -0.39 is 0 Å². The first-order chi connectivity index (χ1) is 9.74. The number of benzene rings is 1. The van der Waals surface area contributed by atoms with E-state index in [0.29, 0.717) is 15.9 Å². The number of nitrogens with zero attached hydrogens (tertiary/aromatic N) is 3. The number of carbonyl (C=O) groups is 1. The van der Waals surface area contributed by atoms with E-state index in [2.05, 4.69) is 20.5 Å². The van der Waals surface area contributed by atoms with Gasteiger partial charge in [0.25, 0.3) is 0 Å². The lowest BCUT2D eigenvalue weighted by molar-refractivity contribution is -0.116. The molecule has 100 valence electrons. The fourth-order valence-corrected chi connectivity index (χ4v) is 2.66. The smallest absolute Gasteiger partial charge is 0.236 e. The summed E-state index contributed by atoms with van der Waals surface area (Å²) in [6.07, 6.45) is 3.28. The van der Waals surface area contributed by atoms with Gasteiger partial charge in [-0.25, -0.2) is 0 Å². The largest absolute Gasteiger partial charge is 0.303 e. The number of halogens is 1. The van der Waals surface area contributed by atoms with Crippen molar-refractivity contribution in [3.8, 4) is 0 Å². The molecule has 0 atom stereocenters. The minimum absolute atomic E-state index is 0.0567. The van der Waals surface area contributed by atoms with Crippen LogP contribution in [-0.4, -0.2) is 28.0 Å². The Morgan fingerprint density at radius 3 is 3.10 bits per heavy atom. The van der Waals surface area contributed by atoms with E-state index in [4.69, 9.17) is 11.6 Å². The van der Waals surface area contributed by atoms with Gasteiger partial charge in [-0.1, -0.05) is 23.4 Å². The van der Waals surface area contributed by atoms with Crippen LogP contribution in [0.2, 0.25) is 5.02 Å². The molecule has 1 saturated heterocycles. The van der Waals surface area contributed by atoms with Crippen molar-refractivity contribution in [3.63, 3.8) is 0 Å². The summed E-state index contributed by atoms with van der Waals surface area (Å²) in [5.41, 5.74) is 1.59. The zero-order valence-corrected chi connectivity index (χ0v) is 11.8. The zero-order chi connectivity index (χ0) is 13.9. The Bertz CT molecular complexity index is 744. The number of aromatic nitrogens is 1. The van der Waals surface area contributed by atoms with E-state index in [-0.39, 0.29) is 5.91 Å². The standard InChI is InChI=1S/C13H9ClN4OS/c14-12-8(3-4-10-9(12)2-1-5-15-10)6-16-18-13-17-11(19)7-20-13/h1-6H,7H2,(H,17,18,19). The van der Waals surface area contributed by atoms with Crippen LogP contribution in [-0.2, 0) is 4.79 Å². The van der Waals surface area contributed by atoms with Crippen molar-refractivity contribution >= 4 is 51.6 Å². The number of amides is 1. The van der Waals surface area contributed by atoms with Crippen molar-refractivity contribution < 1.29 is 4.79 Å². The molecule has 1 aromatic heterocycles. The highest BCUT2D eigenvalue weighted by atomic mass is 35.5. The summed E-state index contributed by atoms with van der Waals surface area (Å²) >= 11 is 7.63. The molecule has 0 radical (unpaired) electrons. The molecule has 0 saturated carbocycles. The van der Waals surface area contributed by atoms with Crippen molar-refractivity contribution in [2.24, 2.45) is 10.2 Å². The van der Waals surface area contributed by atoms with Gasteiger partial charge in [0.05, 0.1) is 22.5 Å². The number of nitrogens with one attached hydrogen (secondary N) is 1. The maximum Gasteiger partial charge on any atom is 0.236 e. The molecule has 1 aromatic carbocycles. The molecule has 1 fully saturated rings. The van der Waals surface area contributed by atoms with Crippen molar-refractivity contribution in [1.82, 2.24) is 10.3 Å². The third-order valence-electron chi connectivity index (χ3n) is 2.68. The summed E-state index contributed by atoms with van der Waals surface area (Å²) in [7, 11) is 0. The van der Waals surface area contributed by atoms with E-state index in [9.17, 15) is 4.79 Å². The summed E-state index contributed by atoms with van der Waals surface area (Å²) in [5, 5.41) is 12.4. The number of fused-ring (bicyclic) bond motifs is 1. The molecule has 2 heterocycles. The van der Waals surface area contributed by atoms with Crippen LogP contribution in [0.3, 0.4) is 0 Å². The third-order valence-corrected chi connectivity index (χ3v) is 3.97. The summed E-state index contributed by atoms with van der Waals surface area (Å²) < 4.78 is 0. The quantitative estimate of drug-likeness (QED) is 0.684. The Morgan fingerprint density at radius 1 is 1.40 bits per heavy atom. The molecule has 1 amide bonds. The number of hydrogen-bond donors (Lipinski definition) is 1. The lowest BCUT2D eigenvalue weighted by Crippen LogP contribution is -2.19. The van der Waals surface area contributed by atoms with Crippen LogP contribution >= 0.6 is 23.4 Å². The first-order valence-corrected chi connectivity index (χ1v) is 7.17. The highest BCUT2D eigenvalue weighted by Gasteiger charge is 2.15. The van der Waals surface area contributed by atoms with E-state index >= 15 is 0 Å². The van der Waals surface area contributed by atoms with E-state index in [0.717, 1.165) is 16.5 Å². The van der Waals surface area contributed by atoms with Gasteiger partial charge in [-0.3, -0.25) is 9.78 Å². The molecular formula is C13H9ClN4OS. The molecule has 5 nitrogen and oxygen atoms in total. The number of amidine groups is 1. The molecule has 1 N–H and O–H groups in total. The topological polar surface area (TPSA) is 66.7 Å². The molecule has 2 aromatic rings. The lowest BCUT2D eigenvalue weighted by atomic mass is 10.1. The van der Waals surface area contributed by atoms with E-state index in [1.54, 1.807) is 12.4 Å². The van der Waals surface area contributed by atoms with Gasteiger partial charge in [-0.15, -0.1) is 5.10 Å². The summed E-state index contributed by atoms with van der Waals surface area (Å²) in [6.45, 7) is 0. The number of hydrogen-bond acceptors (Lipinski definition) is 5. The predicted molar refractivity (Wildman–Crippen MR) is 82.4 cm³/mol. The van der Waals surface area contributed by atoms with Crippen LogP contribution in [0.15, 0.2) is 40.7 Å². The number of pyridine rings is 1. The highest BCUT2D eigenvalue weighted by Crippen LogP contribution is 2.24. The SMILES string of the molecule is O=C1CSC(=NN=Cc2ccc3ncccc3c2Cl)N1. The lowest BCUT2D eigenvalue weighted by Gasteiger charge is -2.02. The Balaban J connectivity index is 1.87. The summed E-state index contributed by atoms with van der Waals surface area (Å²) in [5.74, 6) is 0.329. The second-order valence-corrected chi connectivity index (χ2v) is 5.37. The molecule has 7 heteroatoms. The number of thioether (sulfide) groups is 1. The van der Waals surface area contributed by atoms with Gasteiger partial charge < -0.3 is 5.32 Å². The Morgan fingerprint density at radius 2 is 2.30 bits per heavy atom. The van der Waals surface area contributed by atoms with Crippen LogP contribution in [0.4, 0.5) is 0 Å². The second-order valence-electron chi connectivity index (χ2n) is 4.03. The summed E-state index contributed by atoms with van der Waals surface area (Å²) in [4.78, 5) is 15.2. The normalized spacial score (nSPS) is 17.2. The predicted octanol–water partition coefficient (Wildman–Crippen LogP) is 2.44. The van der Waals surface area contributed by atoms with Crippen LogP contribution in [0, 0.1) is 0 Å². The molecule has 0 unspecified atom stereocenters. The average Bonchev–Trinajstić information content (AvgIpc) is 2.87. The van der Waals surface area contributed by atoms with Gasteiger partial charge in [0.1, 0.15) is 0 Å². The van der Waals surface area contributed by atoms with Gasteiger partial charge in [-0.05, 0) is 24.3 Å². The zero-order valence-electron chi connectivity index (χ0n) is 10.2. The van der Waals surface area contributed by atoms with Crippen LogP contribution in [0.5, 0.6) is 0 Å². The van der Waals surface area contributed by atoms with E-state index in [1.165, 1.54) is 11.8 Å². The van der Waals surface area contributed by atoms with Crippen molar-refractivity contribution in [1.29, 1.82) is 0 Å². The highest BCUT2D eigenvalue weighted by molar-refractivity contribution is 8.15. The molecule has 0 aliphatic carbocycles. The Kier molecular flexibility index (Phi) is 3.66. The maximum absolute atomic E-state index is 11.0. The van der Waals surface area contributed by atoms with Gasteiger partial charge in [0.15, 0.2) is 5.17 Å². The first-order valence-electron chi connectivity index (χ1n) is 5.81. The van der Waals surface area contributed by atoms with Crippen molar-refractivity contribution in [3.05, 3.63) is 41.0 Å². The van der Waals surface area contributed by atoms with E-state index in [1.807, 2.05) is 24.3 Å². The monoisotopic (exact) mass is 304 g/mol. The Hall–Kier alpha value is -1.92. The molecule has 3 rings (SSSR count). The van der Waals surface area contributed by atoms with Crippen molar-refractivity contribution in [2.75, 3.05) is 5.75 Å². The molecular weight excluding hydrogens is 296 g/mol. The molecule has 1 aliphatic heterocycles. The van der Waals surface area contributed by atoms with Crippen LogP contribution < -0.4 is 5.32 Å². The number of carbonyl (C=O) groups excluding carboxylic acids is 1. The van der Waals surface area contributed by atoms with Crippen molar-refractivity contribution in [2.45, 2.75) is 0 Å². The average molecular weight is 305 g/mol. The summed E-state index contributed by atoms with van der Waals surface area (Å²) in [6, 6.07) is 7.45. The first kappa shape index (κ1) is 13.1. The second kappa shape index (κ2) is 5.60. The fraction of sp³-hybridized carbons (Fsp3) is 0.0769. The number of rotatable bonds is 2. The van der Waals surface area contributed by atoms with Gasteiger partial charge in [0.2, 0.25) is 5.91 Å². The van der Waals surface area contributed by atoms with Crippen LogP contribution in [0.1, 0.15) is 5.56 Å². The maximum atomic E-state index is 11.0. The minimum Gasteiger partial charge on any atom is -0.303 e. The molecule has 20 heavy (non-hydrogen) atoms. The van der Waals surface area contributed by atoms with Gasteiger partial charge >= 0.3 is 0 Å². The molecule has 0 bridgehead atoms.